The van der Waals surface area contributed by atoms with Gasteiger partial charge in [0.2, 0.25) is 0 Å². The number of hydrogen-bond donors (Lipinski definition) is 2. The van der Waals surface area contributed by atoms with Gasteiger partial charge in [0.15, 0.2) is 0 Å². The van der Waals surface area contributed by atoms with Crippen molar-refractivity contribution in [2.45, 2.75) is 32.3 Å². The number of aryl methyl sites for hydroxylation is 1. The molecule has 1 atom stereocenters. The Morgan fingerprint density at radius 2 is 2.00 bits per heavy atom. The van der Waals surface area contributed by atoms with Gasteiger partial charge in [-0.3, -0.25) is 0 Å². The monoisotopic (exact) mass is 265 g/mol. The molecule has 1 aromatic rings. The molecule has 1 unspecified atom stereocenters. The minimum absolute atomic E-state index is 0.243. The minimum atomic E-state index is -0.577. The second-order valence-electron chi connectivity index (χ2n) is 5.42. The van der Waals surface area contributed by atoms with Gasteiger partial charge < -0.3 is 20.3 Å². The molecule has 0 saturated carbocycles. The third kappa shape index (κ3) is 2.04. The van der Waals surface area contributed by atoms with E-state index in [4.69, 9.17) is 15.2 Å². The Morgan fingerprint density at radius 3 is 2.42 bits per heavy atom. The fourth-order valence-corrected chi connectivity index (χ4v) is 3.07. The highest BCUT2D eigenvalue weighted by molar-refractivity contribution is 5.52. The van der Waals surface area contributed by atoms with Crippen LogP contribution < -0.4 is 10.5 Å². The smallest absolute Gasteiger partial charge is 0.122 e. The first kappa shape index (κ1) is 14.3. The van der Waals surface area contributed by atoms with Gasteiger partial charge in [-0.1, -0.05) is 0 Å². The fraction of sp³-hybridized carbons (Fsp3) is 0.600. The van der Waals surface area contributed by atoms with Gasteiger partial charge in [-0.25, -0.2) is 0 Å². The molecule has 0 aromatic heterocycles. The summed E-state index contributed by atoms with van der Waals surface area (Å²) < 4.78 is 10.8. The number of hydrogen-bond acceptors (Lipinski definition) is 4. The van der Waals surface area contributed by atoms with E-state index in [9.17, 15) is 5.11 Å². The predicted molar refractivity (Wildman–Crippen MR) is 74.8 cm³/mol. The minimum Gasteiger partial charge on any atom is -0.496 e. The lowest BCUT2D eigenvalue weighted by Gasteiger charge is -2.47. The lowest BCUT2D eigenvalue weighted by atomic mass is 9.69. The van der Waals surface area contributed by atoms with Crippen LogP contribution in [0.4, 0.5) is 0 Å². The molecule has 0 aliphatic carbocycles. The van der Waals surface area contributed by atoms with Crippen LogP contribution in [0.15, 0.2) is 6.07 Å². The summed E-state index contributed by atoms with van der Waals surface area (Å²) >= 11 is 0. The average Bonchev–Trinajstić information content (AvgIpc) is 2.35. The van der Waals surface area contributed by atoms with E-state index < -0.39 is 6.10 Å². The Balaban J connectivity index is 2.59. The summed E-state index contributed by atoms with van der Waals surface area (Å²) in [6.45, 7) is 7.46. The molecule has 0 spiro atoms. The van der Waals surface area contributed by atoms with E-state index >= 15 is 0 Å². The first-order valence-electron chi connectivity index (χ1n) is 6.59. The Labute approximate surface area is 114 Å². The van der Waals surface area contributed by atoms with Crippen molar-refractivity contribution >= 4 is 0 Å². The zero-order valence-electron chi connectivity index (χ0n) is 12.1. The Bertz CT molecular complexity index is 481. The second-order valence-corrected chi connectivity index (χ2v) is 5.42. The molecule has 106 valence electrons. The van der Waals surface area contributed by atoms with Gasteiger partial charge in [0.25, 0.3) is 0 Å². The summed E-state index contributed by atoms with van der Waals surface area (Å²) in [6.07, 6.45) is -0.577. The molecular formula is C15H23NO3. The fourth-order valence-electron chi connectivity index (χ4n) is 3.07. The van der Waals surface area contributed by atoms with Crippen LogP contribution in [-0.4, -0.2) is 38.1 Å². The summed E-state index contributed by atoms with van der Waals surface area (Å²) in [5.74, 6) is 0.886. The first-order chi connectivity index (χ1) is 8.97. The topological polar surface area (TPSA) is 64.7 Å². The summed E-state index contributed by atoms with van der Waals surface area (Å²) in [5.41, 5.74) is 9.86. The van der Waals surface area contributed by atoms with Gasteiger partial charge in [-0.2, -0.15) is 0 Å². The maximum atomic E-state index is 10.3. The third-order valence-corrected chi connectivity index (χ3v) is 4.35. The van der Waals surface area contributed by atoms with Crippen LogP contribution in [-0.2, 0) is 10.2 Å². The zero-order valence-corrected chi connectivity index (χ0v) is 12.1. The van der Waals surface area contributed by atoms with Crippen molar-refractivity contribution in [2.24, 2.45) is 5.73 Å². The van der Waals surface area contributed by atoms with E-state index in [-0.39, 0.29) is 12.0 Å². The predicted octanol–water partition coefficient (Wildman–Crippen LogP) is 1.21. The molecule has 1 heterocycles. The molecule has 1 aliphatic rings. The lowest BCUT2D eigenvalue weighted by molar-refractivity contribution is -0.117. The molecule has 1 aliphatic heterocycles. The molecule has 1 fully saturated rings. The molecule has 2 rings (SSSR count). The van der Waals surface area contributed by atoms with Crippen molar-refractivity contribution in [3.8, 4) is 5.75 Å². The molecule has 1 saturated heterocycles. The van der Waals surface area contributed by atoms with Crippen molar-refractivity contribution in [3.63, 3.8) is 0 Å². The Hall–Kier alpha value is -1.10. The van der Waals surface area contributed by atoms with Crippen LogP contribution in [0.1, 0.15) is 22.3 Å². The van der Waals surface area contributed by atoms with E-state index in [1.165, 1.54) is 0 Å². The van der Waals surface area contributed by atoms with Crippen molar-refractivity contribution in [1.29, 1.82) is 0 Å². The van der Waals surface area contributed by atoms with Crippen LogP contribution in [0.3, 0.4) is 0 Å². The summed E-state index contributed by atoms with van der Waals surface area (Å²) in [5, 5.41) is 10.3. The largest absolute Gasteiger partial charge is 0.496 e. The van der Waals surface area contributed by atoms with Gasteiger partial charge in [0.1, 0.15) is 5.75 Å². The van der Waals surface area contributed by atoms with Crippen LogP contribution in [0.5, 0.6) is 5.75 Å². The van der Waals surface area contributed by atoms with Crippen LogP contribution in [0.25, 0.3) is 0 Å². The van der Waals surface area contributed by atoms with Gasteiger partial charge >= 0.3 is 0 Å². The standard InChI is InChI=1S/C15H23NO3/c1-9-5-12(18-4)10(2)11(3)14(9)15(7-19-8-15)13(17)6-16/h5,13,17H,6-8,16H2,1-4H3. The van der Waals surface area contributed by atoms with Crippen LogP contribution in [0.2, 0.25) is 0 Å². The number of nitrogens with two attached hydrogens (primary N) is 1. The average molecular weight is 265 g/mol. The SMILES string of the molecule is COc1cc(C)c(C2(C(O)CN)COC2)c(C)c1C. The zero-order chi connectivity index (χ0) is 14.2. The van der Waals surface area contributed by atoms with Crippen molar-refractivity contribution in [1.82, 2.24) is 0 Å². The number of methoxy groups -OCH3 is 1. The molecule has 0 amide bonds. The van der Waals surface area contributed by atoms with Gasteiger partial charge in [-0.15, -0.1) is 0 Å². The summed E-state index contributed by atoms with van der Waals surface area (Å²) in [7, 11) is 1.68. The van der Waals surface area contributed by atoms with Gasteiger partial charge in [-0.05, 0) is 49.1 Å². The van der Waals surface area contributed by atoms with Crippen molar-refractivity contribution in [3.05, 3.63) is 28.3 Å². The first-order valence-corrected chi connectivity index (χ1v) is 6.59. The summed E-state index contributed by atoms with van der Waals surface area (Å²) in [4.78, 5) is 0. The highest BCUT2D eigenvalue weighted by Gasteiger charge is 2.48. The normalized spacial score (nSPS) is 18.8. The molecular weight excluding hydrogens is 242 g/mol. The molecule has 4 nitrogen and oxygen atoms in total. The van der Waals surface area contributed by atoms with Gasteiger partial charge in [0.05, 0.1) is 31.8 Å². The van der Waals surface area contributed by atoms with E-state index in [2.05, 4.69) is 6.92 Å². The number of rotatable bonds is 4. The van der Waals surface area contributed by atoms with E-state index in [0.29, 0.717) is 13.2 Å². The molecule has 0 radical (unpaired) electrons. The number of aliphatic hydroxyl groups is 1. The molecule has 19 heavy (non-hydrogen) atoms. The van der Waals surface area contributed by atoms with E-state index in [0.717, 1.165) is 28.0 Å². The second kappa shape index (κ2) is 5.12. The Kier molecular flexibility index (Phi) is 3.85. The number of aliphatic hydroxyl groups excluding tert-OH is 1. The maximum absolute atomic E-state index is 10.3. The number of ether oxygens (including phenoxy) is 2. The van der Waals surface area contributed by atoms with Crippen molar-refractivity contribution < 1.29 is 14.6 Å². The highest BCUT2D eigenvalue weighted by atomic mass is 16.5. The molecule has 4 heteroatoms. The quantitative estimate of drug-likeness (QED) is 0.859. The van der Waals surface area contributed by atoms with Crippen molar-refractivity contribution in [2.75, 3.05) is 26.9 Å². The lowest BCUT2D eigenvalue weighted by Crippen LogP contribution is -2.58. The van der Waals surface area contributed by atoms with E-state index in [1.54, 1.807) is 7.11 Å². The van der Waals surface area contributed by atoms with Crippen LogP contribution in [0, 0.1) is 20.8 Å². The maximum Gasteiger partial charge on any atom is 0.122 e. The Morgan fingerprint density at radius 1 is 1.37 bits per heavy atom. The van der Waals surface area contributed by atoms with Gasteiger partial charge in [0, 0.05) is 6.54 Å². The molecule has 1 aromatic carbocycles. The number of benzene rings is 1. The van der Waals surface area contributed by atoms with Crippen LogP contribution >= 0.6 is 0 Å². The highest BCUT2D eigenvalue weighted by Crippen LogP contribution is 2.42. The molecule has 3 N–H and O–H groups in total. The van der Waals surface area contributed by atoms with E-state index in [1.807, 2.05) is 19.9 Å². The summed E-state index contributed by atoms with van der Waals surface area (Å²) in [6, 6.07) is 2.03. The molecule has 0 bridgehead atoms. The third-order valence-electron chi connectivity index (χ3n) is 4.35.